The molecule has 2 aliphatic rings. The van der Waals surface area contributed by atoms with Gasteiger partial charge in [-0.1, -0.05) is 42.5 Å². The molecule has 0 bridgehead atoms. The van der Waals surface area contributed by atoms with Crippen molar-refractivity contribution < 1.29 is 19.0 Å². The van der Waals surface area contributed by atoms with Crippen molar-refractivity contribution in [3.05, 3.63) is 71.5 Å². The smallest absolute Gasteiger partial charge is 0.410 e. The molecule has 2 fully saturated rings. The molecule has 5 nitrogen and oxygen atoms in total. The van der Waals surface area contributed by atoms with E-state index in [1.165, 1.54) is 17.7 Å². The minimum atomic E-state index is -0.803. The summed E-state index contributed by atoms with van der Waals surface area (Å²) in [7, 11) is 0. The number of benzene rings is 2. The van der Waals surface area contributed by atoms with Crippen molar-refractivity contribution in [1.29, 1.82) is 0 Å². The van der Waals surface area contributed by atoms with Crippen molar-refractivity contribution in [2.75, 3.05) is 26.2 Å². The van der Waals surface area contributed by atoms with Gasteiger partial charge < -0.3 is 14.7 Å². The number of nitrogens with zero attached hydrogens (tertiary/aromatic N) is 2. The van der Waals surface area contributed by atoms with Crippen LogP contribution < -0.4 is 0 Å². The van der Waals surface area contributed by atoms with Gasteiger partial charge in [0.05, 0.1) is 0 Å². The number of amides is 1. The van der Waals surface area contributed by atoms with E-state index in [-0.39, 0.29) is 24.6 Å². The van der Waals surface area contributed by atoms with Crippen molar-refractivity contribution in [2.45, 2.75) is 50.3 Å². The van der Waals surface area contributed by atoms with Crippen LogP contribution in [0.25, 0.3) is 0 Å². The molecule has 1 N–H and O–H groups in total. The molecule has 0 unspecified atom stereocenters. The van der Waals surface area contributed by atoms with Crippen LogP contribution in [0.4, 0.5) is 9.18 Å². The maximum atomic E-state index is 13.4. The standard InChI is InChI=1S/C25H31FN2O3/c26-22-11-9-21(10-12-22)25(13-5-17-29)14-16-28(24(30)31-25)23-8-4-15-27(19-23)18-20-6-2-1-3-7-20/h1-3,6-7,9-12,23,29H,4-5,8,13-19H2/t23-,25+/m0/s1. The van der Waals surface area contributed by atoms with Crippen molar-refractivity contribution in [2.24, 2.45) is 0 Å². The Morgan fingerprint density at radius 2 is 1.87 bits per heavy atom. The summed E-state index contributed by atoms with van der Waals surface area (Å²) >= 11 is 0. The number of hydrogen-bond donors (Lipinski definition) is 1. The third-order valence-electron chi connectivity index (χ3n) is 6.55. The van der Waals surface area contributed by atoms with E-state index < -0.39 is 5.60 Å². The Kier molecular flexibility index (Phi) is 6.88. The van der Waals surface area contributed by atoms with Crippen LogP contribution in [0.1, 0.15) is 43.2 Å². The third kappa shape index (κ3) is 5.08. The van der Waals surface area contributed by atoms with Crippen molar-refractivity contribution in [3.63, 3.8) is 0 Å². The molecular weight excluding hydrogens is 395 g/mol. The van der Waals surface area contributed by atoms with E-state index in [0.717, 1.165) is 38.0 Å². The maximum Gasteiger partial charge on any atom is 0.410 e. The molecule has 1 amide bonds. The minimum absolute atomic E-state index is 0.0290. The van der Waals surface area contributed by atoms with E-state index in [2.05, 4.69) is 29.2 Å². The highest BCUT2D eigenvalue weighted by molar-refractivity contribution is 5.70. The molecule has 31 heavy (non-hydrogen) atoms. The van der Waals surface area contributed by atoms with Gasteiger partial charge in [0.15, 0.2) is 0 Å². The number of ether oxygens (including phenoxy) is 1. The molecule has 2 aromatic carbocycles. The molecular formula is C25H31FN2O3. The van der Waals surface area contributed by atoms with Gasteiger partial charge in [-0.2, -0.15) is 0 Å². The summed E-state index contributed by atoms with van der Waals surface area (Å²) in [5, 5.41) is 9.36. The Morgan fingerprint density at radius 1 is 1.10 bits per heavy atom. The number of hydrogen-bond acceptors (Lipinski definition) is 4. The van der Waals surface area contributed by atoms with Crippen LogP contribution in [0.15, 0.2) is 54.6 Å². The molecule has 6 heteroatoms. The number of aliphatic hydroxyl groups excluding tert-OH is 1. The summed E-state index contributed by atoms with van der Waals surface area (Å²) < 4.78 is 19.5. The Bertz CT molecular complexity index is 861. The predicted octanol–water partition coefficient (Wildman–Crippen LogP) is 4.30. The van der Waals surface area contributed by atoms with E-state index >= 15 is 0 Å². The lowest BCUT2D eigenvalue weighted by Crippen LogP contribution is -2.56. The van der Waals surface area contributed by atoms with Gasteiger partial charge in [-0.25, -0.2) is 9.18 Å². The average molecular weight is 427 g/mol. The maximum absolute atomic E-state index is 13.4. The fourth-order valence-corrected chi connectivity index (χ4v) is 4.91. The average Bonchev–Trinajstić information content (AvgIpc) is 2.79. The van der Waals surface area contributed by atoms with Crippen LogP contribution in [-0.4, -0.2) is 53.3 Å². The monoisotopic (exact) mass is 426 g/mol. The van der Waals surface area contributed by atoms with E-state index in [9.17, 15) is 14.3 Å². The first-order valence-corrected chi connectivity index (χ1v) is 11.2. The topological polar surface area (TPSA) is 53.0 Å². The lowest BCUT2D eigenvalue weighted by Gasteiger charge is -2.46. The van der Waals surface area contributed by atoms with Gasteiger partial charge in [-0.05, 0) is 55.5 Å². The second-order valence-electron chi connectivity index (χ2n) is 8.66. The first-order valence-electron chi connectivity index (χ1n) is 11.2. The van der Waals surface area contributed by atoms with Crippen LogP contribution in [-0.2, 0) is 16.9 Å². The van der Waals surface area contributed by atoms with Gasteiger partial charge in [0.1, 0.15) is 11.4 Å². The number of carbonyl (C=O) groups excluding carboxylic acids is 1. The van der Waals surface area contributed by atoms with Crippen LogP contribution in [0, 0.1) is 5.82 Å². The molecule has 2 aromatic rings. The summed E-state index contributed by atoms with van der Waals surface area (Å²) in [5.74, 6) is -0.314. The molecule has 2 saturated heterocycles. The van der Waals surface area contributed by atoms with Gasteiger partial charge in [-0.3, -0.25) is 4.90 Å². The van der Waals surface area contributed by atoms with E-state index in [1.54, 1.807) is 12.1 Å². The van der Waals surface area contributed by atoms with Gasteiger partial charge in [0, 0.05) is 38.7 Å². The molecule has 0 aliphatic carbocycles. The van der Waals surface area contributed by atoms with Gasteiger partial charge >= 0.3 is 6.09 Å². The lowest BCUT2D eigenvalue weighted by atomic mass is 9.84. The summed E-state index contributed by atoms with van der Waals surface area (Å²) in [6.07, 6.45) is 3.41. The number of aliphatic hydroxyl groups is 1. The van der Waals surface area contributed by atoms with Crippen molar-refractivity contribution >= 4 is 6.09 Å². The molecule has 0 aromatic heterocycles. The molecule has 166 valence electrons. The van der Waals surface area contributed by atoms with Crippen LogP contribution in [0.2, 0.25) is 0 Å². The second-order valence-corrected chi connectivity index (χ2v) is 8.66. The summed E-state index contributed by atoms with van der Waals surface area (Å²) in [6, 6.07) is 16.7. The van der Waals surface area contributed by atoms with Gasteiger partial charge in [0.25, 0.3) is 0 Å². The first kappa shape index (κ1) is 21.8. The SMILES string of the molecule is O=C1O[C@@](CCCO)(c2ccc(F)cc2)CCN1[C@H]1CCCN(Cc2ccccc2)C1. The van der Waals surface area contributed by atoms with Gasteiger partial charge in [0.2, 0.25) is 0 Å². The van der Waals surface area contributed by atoms with Crippen LogP contribution in [0.3, 0.4) is 0 Å². The minimum Gasteiger partial charge on any atom is -0.438 e. The number of likely N-dealkylation sites (tertiary alicyclic amines) is 1. The fourth-order valence-electron chi connectivity index (χ4n) is 4.91. The fraction of sp³-hybridized carbons (Fsp3) is 0.480. The molecule has 2 heterocycles. The highest BCUT2D eigenvalue weighted by Crippen LogP contribution is 2.39. The zero-order chi connectivity index (χ0) is 21.7. The van der Waals surface area contributed by atoms with E-state index in [0.29, 0.717) is 25.8 Å². The highest BCUT2D eigenvalue weighted by Gasteiger charge is 2.44. The molecule has 0 spiro atoms. The van der Waals surface area contributed by atoms with Crippen molar-refractivity contribution in [3.8, 4) is 0 Å². The van der Waals surface area contributed by atoms with Crippen molar-refractivity contribution in [1.82, 2.24) is 9.80 Å². The van der Waals surface area contributed by atoms with Gasteiger partial charge in [-0.15, -0.1) is 0 Å². The zero-order valence-corrected chi connectivity index (χ0v) is 17.9. The second kappa shape index (κ2) is 9.79. The molecule has 4 rings (SSSR count). The highest BCUT2D eigenvalue weighted by atomic mass is 19.1. The Balaban J connectivity index is 1.44. The van der Waals surface area contributed by atoms with Crippen LogP contribution in [0.5, 0.6) is 0 Å². The largest absolute Gasteiger partial charge is 0.438 e. The predicted molar refractivity (Wildman–Crippen MR) is 117 cm³/mol. The number of cyclic esters (lactones) is 1. The number of rotatable bonds is 7. The zero-order valence-electron chi connectivity index (χ0n) is 17.9. The molecule has 2 aliphatic heterocycles. The summed E-state index contributed by atoms with van der Waals surface area (Å²) in [4.78, 5) is 17.4. The Labute approximate surface area is 183 Å². The number of piperidine rings is 1. The summed E-state index contributed by atoms with van der Waals surface area (Å²) in [5.41, 5.74) is 1.27. The van der Waals surface area contributed by atoms with E-state index in [1.807, 2.05) is 11.0 Å². The first-order chi connectivity index (χ1) is 15.1. The molecule has 0 radical (unpaired) electrons. The van der Waals surface area contributed by atoms with E-state index in [4.69, 9.17) is 4.74 Å². The summed E-state index contributed by atoms with van der Waals surface area (Å²) in [6.45, 7) is 3.39. The molecule has 2 atom stereocenters. The quantitative estimate of drug-likeness (QED) is 0.717. The lowest BCUT2D eigenvalue weighted by molar-refractivity contribution is -0.0744. The number of carbonyl (C=O) groups is 1. The van der Waals surface area contributed by atoms with Crippen LogP contribution >= 0.6 is 0 Å². The number of halogens is 1. The Morgan fingerprint density at radius 3 is 2.58 bits per heavy atom. The Hall–Kier alpha value is -2.44. The normalized spacial score (nSPS) is 24.8. The molecule has 0 saturated carbocycles. The third-order valence-corrected chi connectivity index (χ3v) is 6.55.